The molecule has 2 heterocycles. The largest absolute Gasteiger partial charge is 0.484 e. The number of carbonyl (C=O) groups excluding carboxylic acids is 1. The van der Waals surface area contributed by atoms with Crippen LogP contribution in [0, 0.1) is 12.8 Å². The maximum absolute atomic E-state index is 12.1. The van der Waals surface area contributed by atoms with Crippen molar-refractivity contribution in [2.45, 2.75) is 45.8 Å². The van der Waals surface area contributed by atoms with Crippen LogP contribution in [0.25, 0.3) is 0 Å². The highest BCUT2D eigenvalue weighted by molar-refractivity contribution is 5.77. The summed E-state index contributed by atoms with van der Waals surface area (Å²) in [6, 6.07) is 7.52. The van der Waals surface area contributed by atoms with E-state index in [2.05, 4.69) is 15.5 Å². The third-order valence-electron chi connectivity index (χ3n) is 4.27. The predicted octanol–water partition coefficient (Wildman–Crippen LogP) is 2.83. The van der Waals surface area contributed by atoms with Gasteiger partial charge in [-0.2, -0.15) is 0 Å². The lowest BCUT2D eigenvalue weighted by Gasteiger charge is -2.27. The number of amides is 1. The lowest BCUT2D eigenvalue weighted by atomic mass is 10.1. The average Bonchev–Trinajstić information content (AvgIpc) is 3.16. The van der Waals surface area contributed by atoms with Gasteiger partial charge in [-0.15, -0.1) is 5.10 Å². The zero-order valence-electron chi connectivity index (χ0n) is 16.5. The smallest absolute Gasteiger partial charge is 0.414 e. The molecule has 0 radical (unpaired) electrons. The Morgan fingerprint density at radius 2 is 2.00 bits per heavy atom. The second-order valence-electron chi connectivity index (χ2n) is 7.38. The van der Waals surface area contributed by atoms with Crippen molar-refractivity contribution in [3.63, 3.8) is 0 Å². The van der Waals surface area contributed by atoms with Crippen LogP contribution in [0.5, 0.6) is 11.8 Å². The summed E-state index contributed by atoms with van der Waals surface area (Å²) in [7, 11) is 0. The molecule has 1 amide bonds. The number of hydrogen-bond acceptors (Lipinski definition) is 7. The summed E-state index contributed by atoms with van der Waals surface area (Å²) < 4.78 is 22.2. The molecule has 1 saturated heterocycles. The molecule has 8 heteroatoms. The first-order chi connectivity index (χ1) is 13.5. The summed E-state index contributed by atoms with van der Waals surface area (Å²) in [5.74, 6) is 1.29. The van der Waals surface area contributed by atoms with Gasteiger partial charge in [-0.25, -0.2) is 0 Å². The lowest BCUT2D eigenvalue weighted by Crippen LogP contribution is -2.43. The minimum absolute atomic E-state index is 0.0246. The van der Waals surface area contributed by atoms with E-state index in [0.29, 0.717) is 37.2 Å². The first-order valence-corrected chi connectivity index (χ1v) is 9.56. The Balaban J connectivity index is 1.39. The third kappa shape index (κ3) is 5.95. The van der Waals surface area contributed by atoms with Gasteiger partial charge in [-0.1, -0.05) is 36.6 Å². The second-order valence-corrected chi connectivity index (χ2v) is 7.38. The molecule has 1 aromatic heterocycles. The van der Waals surface area contributed by atoms with E-state index in [-0.39, 0.29) is 30.7 Å². The van der Waals surface area contributed by atoms with Crippen molar-refractivity contribution in [3.8, 4) is 11.8 Å². The van der Waals surface area contributed by atoms with Crippen molar-refractivity contribution in [2.75, 3.05) is 19.8 Å². The van der Waals surface area contributed by atoms with E-state index >= 15 is 0 Å². The Kier molecular flexibility index (Phi) is 6.86. The second kappa shape index (κ2) is 9.54. The molecule has 0 saturated carbocycles. The third-order valence-corrected chi connectivity index (χ3v) is 4.27. The fourth-order valence-corrected chi connectivity index (χ4v) is 2.76. The van der Waals surface area contributed by atoms with Crippen molar-refractivity contribution in [1.82, 2.24) is 15.5 Å². The molecule has 28 heavy (non-hydrogen) atoms. The van der Waals surface area contributed by atoms with Crippen LogP contribution in [0.1, 0.15) is 44.2 Å². The van der Waals surface area contributed by atoms with E-state index in [4.69, 9.17) is 18.6 Å². The zero-order valence-corrected chi connectivity index (χ0v) is 16.5. The minimum atomic E-state index is -0.277. The number of benzene rings is 1. The molecule has 1 aliphatic rings. The van der Waals surface area contributed by atoms with Crippen molar-refractivity contribution < 1.29 is 23.4 Å². The molecule has 0 unspecified atom stereocenters. The molecule has 8 nitrogen and oxygen atoms in total. The van der Waals surface area contributed by atoms with Gasteiger partial charge >= 0.3 is 6.08 Å². The van der Waals surface area contributed by atoms with Gasteiger partial charge in [0.1, 0.15) is 11.9 Å². The SMILES string of the molecule is Cc1ccc(OCC(=O)N[C@H]2CC[C@H](c3nnc(OCC(C)C)o3)OC2)cc1. The Hall–Kier alpha value is -2.61. The lowest BCUT2D eigenvalue weighted by molar-refractivity contribution is -0.125. The normalized spacial score (nSPS) is 19.4. The molecular weight excluding hydrogens is 362 g/mol. The van der Waals surface area contributed by atoms with Crippen molar-refractivity contribution in [1.29, 1.82) is 0 Å². The average molecular weight is 389 g/mol. The van der Waals surface area contributed by atoms with Crippen LogP contribution < -0.4 is 14.8 Å². The van der Waals surface area contributed by atoms with E-state index in [1.165, 1.54) is 0 Å². The van der Waals surface area contributed by atoms with Gasteiger partial charge in [0, 0.05) is 0 Å². The summed E-state index contributed by atoms with van der Waals surface area (Å²) in [6.07, 6.45) is 1.32. The number of rotatable bonds is 8. The van der Waals surface area contributed by atoms with Crippen molar-refractivity contribution >= 4 is 5.91 Å². The van der Waals surface area contributed by atoms with Crippen molar-refractivity contribution in [2.24, 2.45) is 5.92 Å². The molecule has 1 N–H and O–H groups in total. The van der Waals surface area contributed by atoms with Crippen LogP contribution in [0.2, 0.25) is 0 Å². The summed E-state index contributed by atoms with van der Waals surface area (Å²) in [5, 5.41) is 10.8. The number of ether oxygens (including phenoxy) is 3. The summed E-state index contributed by atoms with van der Waals surface area (Å²) in [4.78, 5) is 12.1. The van der Waals surface area contributed by atoms with Gasteiger partial charge in [0.25, 0.3) is 5.91 Å². The number of carbonyl (C=O) groups is 1. The fraction of sp³-hybridized carbons (Fsp3) is 0.550. The van der Waals surface area contributed by atoms with E-state index in [0.717, 1.165) is 12.0 Å². The number of nitrogens with one attached hydrogen (secondary N) is 1. The van der Waals surface area contributed by atoms with Gasteiger partial charge in [0.15, 0.2) is 6.61 Å². The molecule has 2 aromatic rings. The minimum Gasteiger partial charge on any atom is -0.484 e. The molecular formula is C20H27N3O5. The highest BCUT2D eigenvalue weighted by atomic mass is 16.6. The highest BCUT2D eigenvalue weighted by Crippen LogP contribution is 2.28. The monoisotopic (exact) mass is 389 g/mol. The molecule has 1 aliphatic heterocycles. The van der Waals surface area contributed by atoms with Crippen LogP contribution in [0.3, 0.4) is 0 Å². The van der Waals surface area contributed by atoms with E-state index in [1.807, 2.05) is 45.0 Å². The summed E-state index contributed by atoms with van der Waals surface area (Å²) in [5.41, 5.74) is 1.14. The Bertz CT molecular complexity index is 751. The topological polar surface area (TPSA) is 95.7 Å². The van der Waals surface area contributed by atoms with Crippen LogP contribution in [-0.4, -0.2) is 42.0 Å². The number of nitrogens with zero attached hydrogens (tertiary/aromatic N) is 2. The van der Waals surface area contributed by atoms with E-state index < -0.39 is 0 Å². The molecule has 0 bridgehead atoms. The molecule has 0 spiro atoms. The number of aromatic nitrogens is 2. The summed E-state index contributed by atoms with van der Waals surface area (Å²) >= 11 is 0. The zero-order chi connectivity index (χ0) is 19.9. The van der Waals surface area contributed by atoms with Gasteiger partial charge in [-0.05, 0) is 37.8 Å². The Morgan fingerprint density at radius 1 is 1.21 bits per heavy atom. The molecule has 152 valence electrons. The predicted molar refractivity (Wildman–Crippen MR) is 101 cm³/mol. The quantitative estimate of drug-likeness (QED) is 0.741. The highest BCUT2D eigenvalue weighted by Gasteiger charge is 2.28. The van der Waals surface area contributed by atoms with Crippen LogP contribution >= 0.6 is 0 Å². The summed E-state index contributed by atoms with van der Waals surface area (Å²) in [6.45, 7) is 6.96. The standard InChI is InChI=1S/C20H27N3O5/c1-13(2)10-27-20-23-22-19(28-20)17-9-6-15(11-26-17)21-18(24)12-25-16-7-4-14(3)5-8-16/h4-5,7-8,13,15,17H,6,9-12H2,1-3H3,(H,21,24)/t15-,17+/m0/s1. The van der Waals surface area contributed by atoms with Crippen molar-refractivity contribution in [3.05, 3.63) is 35.7 Å². The fourth-order valence-electron chi connectivity index (χ4n) is 2.76. The molecule has 1 aromatic carbocycles. The molecule has 2 atom stereocenters. The van der Waals surface area contributed by atoms with E-state index in [9.17, 15) is 4.79 Å². The maximum Gasteiger partial charge on any atom is 0.414 e. The number of hydrogen-bond donors (Lipinski definition) is 1. The molecule has 1 fully saturated rings. The van der Waals surface area contributed by atoms with Crippen LogP contribution in [-0.2, 0) is 9.53 Å². The molecule has 0 aliphatic carbocycles. The Morgan fingerprint density at radius 3 is 2.68 bits per heavy atom. The first-order valence-electron chi connectivity index (χ1n) is 9.56. The first kappa shape index (κ1) is 20.1. The Labute approximate surface area is 164 Å². The van der Waals surface area contributed by atoms with Crippen LogP contribution in [0.15, 0.2) is 28.7 Å². The molecule has 3 rings (SSSR count). The maximum atomic E-state index is 12.1. The van der Waals surface area contributed by atoms with E-state index in [1.54, 1.807) is 0 Å². The van der Waals surface area contributed by atoms with Gasteiger partial charge < -0.3 is 23.9 Å². The van der Waals surface area contributed by atoms with Gasteiger partial charge in [-0.3, -0.25) is 4.79 Å². The van der Waals surface area contributed by atoms with Gasteiger partial charge in [0.2, 0.25) is 5.89 Å². The van der Waals surface area contributed by atoms with Crippen LogP contribution in [0.4, 0.5) is 0 Å². The number of aryl methyl sites for hydroxylation is 1. The van der Waals surface area contributed by atoms with Gasteiger partial charge in [0.05, 0.1) is 19.3 Å².